The highest BCUT2D eigenvalue weighted by Crippen LogP contribution is 2.18. The SMILES string of the molecule is COc1ccc(C(=O)Nc2nc(CC(=O)NCc3cccnc3)cs2)cc1. The molecule has 2 amide bonds. The van der Waals surface area contributed by atoms with Crippen molar-refractivity contribution in [3.63, 3.8) is 0 Å². The standard InChI is InChI=1S/C19H18N4O3S/c1-26-16-6-4-14(5-7-16)18(25)23-19-22-15(12-27-19)9-17(24)21-11-13-3-2-8-20-10-13/h2-8,10,12H,9,11H2,1H3,(H,21,24)(H,22,23,25). The second-order valence-corrected chi connectivity index (χ2v) is 6.50. The maximum atomic E-state index is 12.2. The first-order chi connectivity index (χ1) is 13.1. The summed E-state index contributed by atoms with van der Waals surface area (Å²) in [6.45, 7) is 0.415. The van der Waals surface area contributed by atoms with Crippen molar-refractivity contribution in [3.05, 3.63) is 71.0 Å². The van der Waals surface area contributed by atoms with Gasteiger partial charge in [0, 0.05) is 29.9 Å². The van der Waals surface area contributed by atoms with Gasteiger partial charge in [-0.2, -0.15) is 0 Å². The molecule has 7 nitrogen and oxygen atoms in total. The Kier molecular flexibility index (Phi) is 6.11. The largest absolute Gasteiger partial charge is 0.497 e. The molecule has 8 heteroatoms. The number of aromatic nitrogens is 2. The predicted octanol–water partition coefficient (Wildman–Crippen LogP) is 2.66. The summed E-state index contributed by atoms with van der Waals surface area (Å²) in [5.41, 5.74) is 2.03. The van der Waals surface area contributed by atoms with Gasteiger partial charge in [0.2, 0.25) is 5.91 Å². The number of methoxy groups -OCH3 is 1. The van der Waals surface area contributed by atoms with E-state index in [2.05, 4.69) is 20.6 Å². The van der Waals surface area contributed by atoms with Crippen LogP contribution in [0.1, 0.15) is 21.6 Å². The number of pyridine rings is 1. The number of thiazole rings is 1. The van der Waals surface area contributed by atoms with E-state index in [-0.39, 0.29) is 18.2 Å². The Morgan fingerprint density at radius 1 is 1.19 bits per heavy atom. The molecule has 0 fully saturated rings. The van der Waals surface area contributed by atoms with Crippen molar-refractivity contribution < 1.29 is 14.3 Å². The average molecular weight is 382 g/mol. The van der Waals surface area contributed by atoms with E-state index in [4.69, 9.17) is 4.74 Å². The zero-order valence-electron chi connectivity index (χ0n) is 14.6. The van der Waals surface area contributed by atoms with Gasteiger partial charge < -0.3 is 10.1 Å². The van der Waals surface area contributed by atoms with E-state index in [0.29, 0.717) is 28.7 Å². The third-order valence-electron chi connectivity index (χ3n) is 3.68. The van der Waals surface area contributed by atoms with Gasteiger partial charge >= 0.3 is 0 Å². The highest BCUT2D eigenvalue weighted by molar-refractivity contribution is 7.14. The fourth-order valence-electron chi connectivity index (χ4n) is 2.29. The molecule has 0 atom stereocenters. The summed E-state index contributed by atoms with van der Waals surface area (Å²) in [6.07, 6.45) is 3.54. The van der Waals surface area contributed by atoms with Gasteiger partial charge in [-0.15, -0.1) is 11.3 Å². The first-order valence-electron chi connectivity index (χ1n) is 8.19. The van der Waals surface area contributed by atoms with Crippen LogP contribution in [0.4, 0.5) is 5.13 Å². The zero-order valence-corrected chi connectivity index (χ0v) is 15.5. The molecule has 0 saturated heterocycles. The summed E-state index contributed by atoms with van der Waals surface area (Å²) < 4.78 is 5.07. The number of hydrogen-bond acceptors (Lipinski definition) is 6. The van der Waals surface area contributed by atoms with Gasteiger partial charge in [0.25, 0.3) is 5.91 Å². The van der Waals surface area contributed by atoms with Crippen molar-refractivity contribution in [1.29, 1.82) is 0 Å². The van der Waals surface area contributed by atoms with E-state index >= 15 is 0 Å². The van der Waals surface area contributed by atoms with Crippen LogP contribution in [0.15, 0.2) is 54.2 Å². The van der Waals surface area contributed by atoms with E-state index in [1.807, 2.05) is 12.1 Å². The topological polar surface area (TPSA) is 93.2 Å². The lowest BCUT2D eigenvalue weighted by molar-refractivity contribution is -0.120. The van der Waals surface area contributed by atoms with Crippen LogP contribution in [-0.4, -0.2) is 28.9 Å². The number of rotatable bonds is 7. The maximum Gasteiger partial charge on any atom is 0.257 e. The highest BCUT2D eigenvalue weighted by atomic mass is 32.1. The highest BCUT2D eigenvalue weighted by Gasteiger charge is 2.11. The van der Waals surface area contributed by atoms with Gasteiger partial charge in [-0.05, 0) is 35.9 Å². The number of hydrogen-bond donors (Lipinski definition) is 2. The fourth-order valence-corrected chi connectivity index (χ4v) is 2.99. The average Bonchev–Trinajstić information content (AvgIpc) is 3.14. The number of anilines is 1. The second kappa shape index (κ2) is 8.91. The van der Waals surface area contributed by atoms with Crippen molar-refractivity contribution in [3.8, 4) is 5.75 Å². The molecule has 0 aliphatic heterocycles. The number of amides is 2. The number of nitrogens with zero attached hydrogens (tertiary/aromatic N) is 2. The summed E-state index contributed by atoms with van der Waals surface area (Å²) in [4.78, 5) is 32.6. The summed E-state index contributed by atoms with van der Waals surface area (Å²) in [6, 6.07) is 10.5. The number of carbonyl (C=O) groups excluding carboxylic acids is 2. The molecule has 0 aliphatic rings. The van der Waals surface area contributed by atoms with Crippen LogP contribution < -0.4 is 15.4 Å². The summed E-state index contributed by atoms with van der Waals surface area (Å²) in [7, 11) is 1.57. The number of carbonyl (C=O) groups is 2. The molecular weight excluding hydrogens is 364 g/mol. The molecule has 2 heterocycles. The Balaban J connectivity index is 1.51. The fraction of sp³-hybridized carbons (Fsp3) is 0.158. The first-order valence-corrected chi connectivity index (χ1v) is 9.07. The lowest BCUT2D eigenvalue weighted by Crippen LogP contribution is -2.24. The first kappa shape index (κ1) is 18.5. The molecule has 2 N–H and O–H groups in total. The van der Waals surface area contributed by atoms with E-state index in [0.717, 1.165) is 5.56 Å². The number of benzene rings is 1. The van der Waals surface area contributed by atoms with Crippen molar-refractivity contribution >= 4 is 28.3 Å². The lowest BCUT2D eigenvalue weighted by atomic mass is 10.2. The molecule has 3 aromatic rings. The van der Waals surface area contributed by atoms with E-state index < -0.39 is 0 Å². The van der Waals surface area contributed by atoms with Gasteiger partial charge in [0.1, 0.15) is 5.75 Å². The minimum atomic E-state index is -0.264. The van der Waals surface area contributed by atoms with Gasteiger partial charge in [-0.3, -0.25) is 19.9 Å². The molecule has 1 aromatic carbocycles. The Morgan fingerprint density at radius 3 is 2.70 bits per heavy atom. The van der Waals surface area contributed by atoms with Crippen LogP contribution in [0.3, 0.4) is 0 Å². The lowest BCUT2D eigenvalue weighted by Gasteiger charge is -2.04. The molecule has 27 heavy (non-hydrogen) atoms. The van der Waals surface area contributed by atoms with Crippen LogP contribution in [0.2, 0.25) is 0 Å². The molecule has 0 aliphatic carbocycles. The smallest absolute Gasteiger partial charge is 0.257 e. The number of nitrogens with one attached hydrogen (secondary N) is 2. The van der Waals surface area contributed by atoms with Crippen LogP contribution in [-0.2, 0) is 17.8 Å². The molecule has 138 valence electrons. The summed E-state index contributed by atoms with van der Waals surface area (Å²) in [5, 5.41) is 7.76. The molecule has 3 rings (SSSR count). The molecular formula is C19H18N4O3S. The van der Waals surface area contributed by atoms with E-state index in [1.54, 1.807) is 49.1 Å². The van der Waals surface area contributed by atoms with Gasteiger partial charge in [-0.1, -0.05) is 6.07 Å². The molecule has 0 spiro atoms. The minimum absolute atomic E-state index is 0.141. The molecule has 0 bridgehead atoms. The number of ether oxygens (including phenoxy) is 1. The van der Waals surface area contributed by atoms with Crippen molar-refractivity contribution in [2.75, 3.05) is 12.4 Å². The quantitative estimate of drug-likeness (QED) is 0.655. The third-order valence-corrected chi connectivity index (χ3v) is 4.49. The zero-order chi connectivity index (χ0) is 19.1. The van der Waals surface area contributed by atoms with Crippen LogP contribution in [0.5, 0.6) is 5.75 Å². The Labute approximate surface area is 160 Å². The Morgan fingerprint density at radius 2 is 2.00 bits per heavy atom. The molecule has 0 unspecified atom stereocenters. The van der Waals surface area contributed by atoms with Crippen LogP contribution >= 0.6 is 11.3 Å². The Hall–Kier alpha value is -3.26. The second-order valence-electron chi connectivity index (χ2n) is 5.64. The van der Waals surface area contributed by atoms with Crippen molar-refractivity contribution in [1.82, 2.24) is 15.3 Å². The maximum absolute atomic E-state index is 12.2. The van der Waals surface area contributed by atoms with Crippen molar-refractivity contribution in [2.24, 2.45) is 0 Å². The van der Waals surface area contributed by atoms with E-state index in [1.165, 1.54) is 11.3 Å². The normalized spacial score (nSPS) is 10.3. The van der Waals surface area contributed by atoms with Crippen LogP contribution in [0, 0.1) is 0 Å². The van der Waals surface area contributed by atoms with Gasteiger partial charge in [0.15, 0.2) is 5.13 Å². The van der Waals surface area contributed by atoms with Crippen molar-refractivity contribution in [2.45, 2.75) is 13.0 Å². The molecule has 0 saturated carbocycles. The predicted molar refractivity (Wildman–Crippen MR) is 103 cm³/mol. The summed E-state index contributed by atoms with van der Waals surface area (Å²) in [5.74, 6) is 0.275. The van der Waals surface area contributed by atoms with Crippen LogP contribution in [0.25, 0.3) is 0 Å². The minimum Gasteiger partial charge on any atom is -0.497 e. The van der Waals surface area contributed by atoms with Gasteiger partial charge in [0.05, 0.1) is 19.2 Å². The molecule has 0 radical (unpaired) electrons. The van der Waals surface area contributed by atoms with E-state index in [9.17, 15) is 9.59 Å². The summed E-state index contributed by atoms with van der Waals surface area (Å²) >= 11 is 1.28. The molecule has 2 aromatic heterocycles. The Bertz CT molecular complexity index is 910. The third kappa shape index (κ3) is 5.35. The monoisotopic (exact) mass is 382 g/mol. The van der Waals surface area contributed by atoms with Gasteiger partial charge in [-0.25, -0.2) is 4.98 Å².